The monoisotopic (exact) mass is 286 g/mol. The van der Waals surface area contributed by atoms with Gasteiger partial charge >= 0.3 is 0 Å². The molecule has 108 valence electrons. The van der Waals surface area contributed by atoms with E-state index in [0.717, 1.165) is 5.39 Å². The number of phenols is 2. The number of furan rings is 1. The Bertz CT molecular complexity index is 804. The summed E-state index contributed by atoms with van der Waals surface area (Å²) >= 11 is 0. The van der Waals surface area contributed by atoms with Crippen LogP contribution in [0, 0.1) is 0 Å². The Hall–Kier alpha value is -2.82. The van der Waals surface area contributed by atoms with Gasteiger partial charge in [-0.05, 0) is 24.3 Å². The first kappa shape index (κ1) is 13.2. The van der Waals surface area contributed by atoms with Crippen LogP contribution in [0.3, 0.4) is 0 Å². The predicted molar refractivity (Wildman–Crippen MR) is 78.1 cm³/mol. The van der Waals surface area contributed by atoms with Gasteiger partial charge in [0.1, 0.15) is 22.8 Å². The van der Waals surface area contributed by atoms with Crippen molar-refractivity contribution in [1.29, 1.82) is 0 Å². The van der Waals surface area contributed by atoms with Crippen LogP contribution in [0.1, 0.15) is 0 Å². The highest BCUT2D eigenvalue weighted by atomic mass is 16.5. The number of rotatable bonds is 3. The molecule has 0 fully saturated rings. The van der Waals surface area contributed by atoms with E-state index < -0.39 is 0 Å². The third kappa shape index (κ3) is 2.23. The molecular formula is C16H14O5. The Kier molecular flexibility index (Phi) is 3.10. The van der Waals surface area contributed by atoms with Gasteiger partial charge in [-0.1, -0.05) is 0 Å². The lowest BCUT2D eigenvalue weighted by atomic mass is 10.1. The summed E-state index contributed by atoms with van der Waals surface area (Å²) in [6, 6.07) is 9.81. The molecule has 0 aliphatic rings. The molecule has 2 aromatic carbocycles. The molecule has 0 aliphatic heterocycles. The largest absolute Gasteiger partial charge is 0.508 e. The van der Waals surface area contributed by atoms with Gasteiger partial charge in [-0.3, -0.25) is 0 Å². The van der Waals surface area contributed by atoms with E-state index in [-0.39, 0.29) is 11.5 Å². The molecule has 0 amide bonds. The third-order valence-electron chi connectivity index (χ3n) is 3.27. The SMILES string of the molecule is COc1cc2cc(-c3ccc(O)cc3OC)oc2cc1O. The maximum Gasteiger partial charge on any atom is 0.161 e. The second kappa shape index (κ2) is 4.94. The number of hydrogen-bond donors (Lipinski definition) is 2. The van der Waals surface area contributed by atoms with Crippen LogP contribution in [0.15, 0.2) is 40.8 Å². The third-order valence-corrected chi connectivity index (χ3v) is 3.27. The molecule has 1 heterocycles. The van der Waals surface area contributed by atoms with Crippen LogP contribution >= 0.6 is 0 Å². The number of methoxy groups -OCH3 is 2. The Morgan fingerprint density at radius 3 is 2.38 bits per heavy atom. The van der Waals surface area contributed by atoms with Crippen molar-refractivity contribution in [1.82, 2.24) is 0 Å². The standard InChI is InChI=1S/C16H14O5/c1-19-14-7-10(17)3-4-11(14)15-5-9-6-16(20-2)12(18)8-13(9)21-15/h3-8,17-18H,1-2H3. The first-order valence-corrected chi connectivity index (χ1v) is 6.30. The fourth-order valence-electron chi connectivity index (χ4n) is 2.23. The van der Waals surface area contributed by atoms with Gasteiger partial charge in [0, 0.05) is 17.5 Å². The van der Waals surface area contributed by atoms with Gasteiger partial charge in [-0.15, -0.1) is 0 Å². The van der Waals surface area contributed by atoms with E-state index in [9.17, 15) is 10.2 Å². The lowest BCUT2D eigenvalue weighted by molar-refractivity contribution is 0.374. The molecule has 0 bridgehead atoms. The van der Waals surface area contributed by atoms with Crippen molar-refractivity contribution in [2.75, 3.05) is 14.2 Å². The Balaban J connectivity index is 2.17. The van der Waals surface area contributed by atoms with Gasteiger partial charge in [-0.25, -0.2) is 0 Å². The zero-order valence-corrected chi connectivity index (χ0v) is 11.6. The molecule has 1 aromatic heterocycles. The Morgan fingerprint density at radius 1 is 0.905 bits per heavy atom. The van der Waals surface area contributed by atoms with Crippen molar-refractivity contribution >= 4 is 11.0 Å². The molecule has 5 heteroatoms. The molecule has 0 unspecified atom stereocenters. The van der Waals surface area contributed by atoms with Gasteiger partial charge in [0.2, 0.25) is 0 Å². The first-order valence-electron chi connectivity index (χ1n) is 6.30. The van der Waals surface area contributed by atoms with Crippen LogP contribution in [-0.2, 0) is 0 Å². The van der Waals surface area contributed by atoms with E-state index in [1.807, 2.05) is 6.07 Å². The minimum absolute atomic E-state index is 0.0172. The van der Waals surface area contributed by atoms with Crippen molar-refractivity contribution in [3.63, 3.8) is 0 Å². The molecular weight excluding hydrogens is 272 g/mol. The summed E-state index contributed by atoms with van der Waals surface area (Å²) in [4.78, 5) is 0. The van der Waals surface area contributed by atoms with E-state index in [2.05, 4.69) is 0 Å². The quantitative estimate of drug-likeness (QED) is 0.770. The molecule has 5 nitrogen and oxygen atoms in total. The summed E-state index contributed by atoms with van der Waals surface area (Å²) < 4.78 is 16.1. The summed E-state index contributed by atoms with van der Waals surface area (Å²) in [7, 11) is 3.01. The van der Waals surface area contributed by atoms with Gasteiger partial charge in [0.25, 0.3) is 0 Å². The summed E-state index contributed by atoms with van der Waals surface area (Å²) in [6.07, 6.45) is 0. The average molecular weight is 286 g/mol. The van der Waals surface area contributed by atoms with Crippen LogP contribution in [0.2, 0.25) is 0 Å². The van der Waals surface area contributed by atoms with E-state index in [4.69, 9.17) is 13.9 Å². The van der Waals surface area contributed by atoms with E-state index in [1.165, 1.54) is 26.4 Å². The minimum Gasteiger partial charge on any atom is -0.508 e. The number of ether oxygens (including phenoxy) is 2. The second-order valence-corrected chi connectivity index (χ2v) is 4.56. The summed E-state index contributed by atoms with van der Waals surface area (Å²) in [5, 5.41) is 20.1. The van der Waals surface area contributed by atoms with Crippen LogP contribution in [0.4, 0.5) is 0 Å². The summed E-state index contributed by atoms with van der Waals surface area (Å²) in [5.41, 5.74) is 1.25. The number of benzene rings is 2. The molecule has 2 N–H and O–H groups in total. The molecule has 0 atom stereocenters. The highest BCUT2D eigenvalue weighted by Gasteiger charge is 2.14. The van der Waals surface area contributed by atoms with E-state index in [1.54, 1.807) is 18.2 Å². The highest BCUT2D eigenvalue weighted by molar-refractivity contribution is 5.86. The van der Waals surface area contributed by atoms with Crippen molar-refractivity contribution in [2.45, 2.75) is 0 Å². The predicted octanol–water partition coefficient (Wildman–Crippen LogP) is 3.53. The second-order valence-electron chi connectivity index (χ2n) is 4.56. The maximum atomic E-state index is 9.78. The van der Waals surface area contributed by atoms with E-state index in [0.29, 0.717) is 28.4 Å². The van der Waals surface area contributed by atoms with Gasteiger partial charge in [0.15, 0.2) is 11.5 Å². The number of aromatic hydroxyl groups is 2. The zero-order chi connectivity index (χ0) is 15.0. The molecule has 3 rings (SSSR count). The lowest BCUT2D eigenvalue weighted by Gasteiger charge is -2.06. The van der Waals surface area contributed by atoms with Crippen LogP contribution in [0.25, 0.3) is 22.3 Å². The summed E-state index contributed by atoms with van der Waals surface area (Å²) in [6.45, 7) is 0. The molecule has 0 saturated carbocycles. The summed E-state index contributed by atoms with van der Waals surface area (Å²) in [5.74, 6) is 1.60. The fourth-order valence-corrected chi connectivity index (χ4v) is 2.23. The minimum atomic E-state index is 0.0172. The van der Waals surface area contributed by atoms with Gasteiger partial charge in [-0.2, -0.15) is 0 Å². The smallest absolute Gasteiger partial charge is 0.161 e. The molecule has 3 aromatic rings. The zero-order valence-electron chi connectivity index (χ0n) is 11.6. The van der Waals surface area contributed by atoms with Crippen molar-refractivity contribution in [3.8, 4) is 34.3 Å². The van der Waals surface area contributed by atoms with Crippen molar-refractivity contribution in [2.24, 2.45) is 0 Å². The molecule has 0 spiro atoms. The molecule has 0 radical (unpaired) electrons. The van der Waals surface area contributed by atoms with Gasteiger partial charge in [0.05, 0.1) is 19.8 Å². The van der Waals surface area contributed by atoms with Crippen LogP contribution in [-0.4, -0.2) is 24.4 Å². The normalized spacial score (nSPS) is 10.8. The topological polar surface area (TPSA) is 72.1 Å². The fraction of sp³-hybridized carbons (Fsp3) is 0.125. The maximum absolute atomic E-state index is 9.78. The van der Waals surface area contributed by atoms with Crippen LogP contribution in [0.5, 0.6) is 23.0 Å². The number of hydrogen-bond acceptors (Lipinski definition) is 5. The van der Waals surface area contributed by atoms with Crippen LogP contribution < -0.4 is 9.47 Å². The highest BCUT2D eigenvalue weighted by Crippen LogP contribution is 2.39. The first-order chi connectivity index (χ1) is 10.1. The number of fused-ring (bicyclic) bond motifs is 1. The van der Waals surface area contributed by atoms with E-state index >= 15 is 0 Å². The Labute approximate surface area is 121 Å². The van der Waals surface area contributed by atoms with Crippen molar-refractivity contribution in [3.05, 3.63) is 36.4 Å². The molecule has 0 aliphatic carbocycles. The lowest BCUT2D eigenvalue weighted by Crippen LogP contribution is -1.86. The molecule has 0 saturated heterocycles. The number of phenolic OH excluding ortho intramolecular Hbond substituents is 2. The van der Waals surface area contributed by atoms with Gasteiger partial charge < -0.3 is 24.1 Å². The van der Waals surface area contributed by atoms with Crippen molar-refractivity contribution < 1.29 is 24.1 Å². The molecule has 21 heavy (non-hydrogen) atoms. The average Bonchev–Trinajstić information content (AvgIpc) is 2.88. The Morgan fingerprint density at radius 2 is 1.67 bits per heavy atom.